The van der Waals surface area contributed by atoms with Crippen LogP contribution < -0.4 is 0 Å². The fourth-order valence-corrected chi connectivity index (χ4v) is 1.79. The smallest absolute Gasteiger partial charge is 0.309 e. The second-order valence-electron chi connectivity index (χ2n) is 3.82. The molecule has 0 amide bonds. The maximum absolute atomic E-state index is 11.5. The van der Waals surface area contributed by atoms with Crippen molar-refractivity contribution >= 4 is 5.97 Å². The summed E-state index contributed by atoms with van der Waals surface area (Å²) < 4.78 is 5.19. The summed E-state index contributed by atoms with van der Waals surface area (Å²) in [7, 11) is 0. The lowest BCUT2D eigenvalue weighted by atomic mass is 9.87. The normalized spacial score (nSPS) is 31.8. The predicted octanol–water partition coefficient (Wildman–Crippen LogP) is 2.54. The molecule has 0 aromatic rings. The summed E-state index contributed by atoms with van der Waals surface area (Å²) in [5.74, 6) is 0.363. The van der Waals surface area contributed by atoms with E-state index < -0.39 is 0 Å². The molecule has 0 aromatic carbocycles. The lowest BCUT2D eigenvalue weighted by molar-refractivity contribution is -0.160. The van der Waals surface area contributed by atoms with Gasteiger partial charge in [-0.3, -0.25) is 4.79 Å². The lowest BCUT2D eigenvalue weighted by Crippen LogP contribution is -2.32. The number of rotatable bonds is 2. The maximum Gasteiger partial charge on any atom is 0.309 e. The first-order valence-corrected chi connectivity index (χ1v) is 4.98. The monoisotopic (exact) mass is 182 g/mol. The molecule has 0 aliphatic carbocycles. The third-order valence-corrected chi connectivity index (χ3v) is 2.63. The van der Waals surface area contributed by atoms with Crippen LogP contribution in [0.25, 0.3) is 0 Å². The molecule has 0 radical (unpaired) electrons. The van der Waals surface area contributed by atoms with Gasteiger partial charge in [0.05, 0.1) is 12.0 Å². The molecule has 0 spiro atoms. The third-order valence-electron chi connectivity index (χ3n) is 2.63. The number of ether oxygens (including phenoxy) is 1. The van der Waals surface area contributed by atoms with E-state index in [1.807, 2.05) is 19.9 Å². The Bertz CT molecular complexity index is 208. The molecule has 1 aliphatic heterocycles. The molecule has 74 valence electrons. The van der Waals surface area contributed by atoms with E-state index in [0.717, 1.165) is 12.8 Å². The zero-order chi connectivity index (χ0) is 9.84. The van der Waals surface area contributed by atoms with Crippen molar-refractivity contribution in [2.24, 2.45) is 11.8 Å². The van der Waals surface area contributed by atoms with Crippen molar-refractivity contribution in [3.63, 3.8) is 0 Å². The minimum Gasteiger partial charge on any atom is -0.462 e. The van der Waals surface area contributed by atoms with Crippen LogP contribution in [0.2, 0.25) is 0 Å². The molecule has 2 nitrogen and oxygen atoms in total. The molecular weight excluding hydrogens is 164 g/mol. The van der Waals surface area contributed by atoms with E-state index in [4.69, 9.17) is 4.74 Å². The second kappa shape index (κ2) is 4.45. The van der Waals surface area contributed by atoms with Crippen molar-refractivity contribution in [3.05, 3.63) is 12.2 Å². The molecule has 1 fully saturated rings. The van der Waals surface area contributed by atoms with Crippen molar-refractivity contribution in [3.8, 4) is 0 Å². The van der Waals surface area contributed by atoms with Crippen LogP contribution in [0, 0.1) is 11.8 Å². The molecule has 0 saturated carbocycles. The number of esters is 1. The number of cyclic esters (lactones) is 1. The van der Waals surface area contributed by atoms with Gasteiger partial charge in [0.15, 0.2) is 0 Å². The van der Waals surface area contributed by atoms with Gasteiger partial charge < -0.3 is 4.74 Å². The summed E-state index contributed by atoms with van der Waals surface area (Å²) in [6, 6.07) is 0. The molecule has 1 saturated heterocycles. The highest BCUT2D eigenvalue weighted by molar-refractivity contribution is 5.73. The van der Waals surface area contributed by atoms with Gasteiger partial charge in [-0.15, -0.1) is 0 Å². The van der Waals surface area contributed by atoms with Crippen LogP contribution >= 0.6 is 0 Å². The Kier molecular flexibility index (Phi) is 3.52. The number of hydrogen-bond acceptors (Lipinski definition) is 2. The van der Waals surface area contributed by atoms with E-state index >= 15 is 0 Å². The van der Waals surface area contributed by atoms with Crippen LogP contribution in [0.15, 0.2) is 12.2 Å². The Morgan fingerprint density at radius 3 is 2.77 bits per heavy atom. The van der Waals surface area contributed by atoms with Crippen molar-refractivity contribution in [2.75, 3.05) is 0 Å². The Balaban J connectivity index is 2.55. The van der Waals surface area contributed by atoms with Crippen LogP contribution in [0.3, 0.4) is 0 Å². The number of allylic oxidation sites excluding steroid dienone is 2. The second-order valence-corrected chi connectivity index (χ2v) is 3.82. The van der Waals surface area contributed by atoms with Crippen molar-refractivity contribution in [1.82, 2.24) is 0 Å². The summed E-state index contributed by atoms with van der Waals surface area (Å²) in [6.45, 7) is 6.00. The van der Waals surface area contributed by atoms with Crippen LogP contribution in [-0.4, -0.2) is 12.1 Å². The average molecular weight is 182 g/mol. The zero-order valence-corrected chi connectivity index (χ0v) is 8.62. The molecule has 3 atom stereocenters. The van der Waals surface area contributed by atoms with Gasteiger partial charge in [-0.05, 0) is 32.6 Å². The molecule has 1 aliphatic rings. The maximum atomic E-state index is 11.5. The van der Waals surface area contributed by atoms with Crippen LogP contribution in [-0.2, 0) is 9.53 Å². The molecule has 13 heavy (non-hydrogen) atoms. The highest BCUT2D eigenvalue weighted by atomic mass is 16.5. The molecule has 2 heteroatoms. The fraction of sp³-hybridized carbons (Fsp3) is 0.727. The van der Waals surface area contributed by atoms with Gasteiger partial charge in [0.25, 0.3) is 0 Å². The fourth-order valence-electron chi connectivity index (χ4n) is 1.79. The number of carbonyl (C=O) groups excluding carboxylic acids is 1. The van der Waals surface area contributed by atoms with Gasteiger partial charge in [0.2, 0.25) is 0 Å². The third kappa shape index (κ3) is 2.58. The Labute approximate surface area is 80.0 Å². The first-order valence-electron chi connectivity index (χ1n) is 4.98. The summed E-state index contributed by atoms with van der Waals surface area (Å²) >= 11 is 0. The Morgan fingerprint density at radius 1 is 1.54 bits per heavy atom. The number of hydrogen-bond donors (Lipinski definition) is 0. The minimum atomic E-state index is -0.0237. The van der Waals surface area contributed by atoms with Gasteiger partial charge >= 0.3 is 5.97 Å². The summed E-state index contributed by atoms with van der Waals surface area (Å²) in [5.41, 5.74) is 0. The van der Waals surface area contributed by atoms with Gasteiger partial charge in [-0.25, -0.2) is 0 Å². The molecule has 0 N–H and O–H groups in total. The SMILES string of the molecule is C/C=C/[C@@H](C)[C@@H]1CC[C@@H](C)OC1=O. The molecule has 1 rings (SSSR count). The summed E-state index contributed by atoms with van der Waals surface area (Å²) in [5, 5.41) is 0. The Hall–Kier alpha value is -0.790. The Morgan fingerprint density at radius 2 is 2.23 bits per heavy atom. The molecule has 0 aromatic heterocycles. The van der Waals surface area contributed by atoms with Crippen molar-refractivity contribution < 1.29 is 9.53 Å². The van der Waals surface area contributed by atoms with E-state index in [9.17, 15) is 4.79 Å². The van der Waals surface area contributed by atoms with E-state index in [1.54, 1.807) is 0 Å². The highest BCUT2D eigenvalue weighted by Crippen LogP contribution is 2.27. The molecule has 0 bridgehead atoms. The largest absolute Gasteiger partial charge is 0.462 e. The predicted molar refractivity (Wildman–Crippen MR) is 52.3 cm³/mol. The van der Waals surface area contributed by atoms with E-state index in [2.05, 4.69) is 13.0 Å². The van der Waals surface area contributed by atoms with Crippen LogP contribution in [0.1, 0.15) is 33.6 Å². The van der Waals surface area contributed by atoms with Gasteiger partial charge in [0, 0.05) is 0 Å². The number of carbonyl (C=O) groups is 1. The first kappa shape index (κ1) is 10.3. The van der Waals surface area contributed by atoms with E-state index in [-0.39, 0.29) is 18.0 Å². The average Bonchev–Trinajstić information content (AvgIpc) is 2.04. The highest BCUT2D eigenvalue weighted by Gasteiger charge is 2.30. The molecule has 1 heterocycles. The van der Waals surface area contributed by atoms with Gasteiger partial charge in [-0.2, -0.15) is 0 Å². The van der Waals surface area contributed by atoms with Gasteiger partial charge in [-0.1, -0.05) is 19.1 Å². The van der Waals surface area contributed by atoms with Crippen molar-refractivity contribution in [1.29, 1.82) is 0 Å². The standard InChI is InChI=1S/C11H18O2/c1-4-5-8(2)10-7-6-9(3)13-11(10)12/h4-5,8-10H,6-7H2,1-3H3/b5-4+/t8-,9-,10+/m1/s1. The minimum absolute atomic E-state index is 0.0237. The quantitative estimate of drug-likeness (QED) is 0.484. The van der Waals surface area contributed by atoms with Crippen molar-refractivity contribution in [2.45, 2.75) is 39.7 Å². The topological polar surface area (TPSA) is 26.3 Å². The summed E-state index contributed by atoms with van der Waals surface area (Å²) in [4.78, 5) is 11.5. The molecule has 0 unspecified atom stereocenters. The zero-order valence-electron chi connectivity index (χ0n) is 8.62. The first-order chi connectivity index (χ1) is 6.15. The molecular formula is C11H18O2. The van der Waals surface area contributed by atoms with E-state index in [1.165, 1.54) is 0 Å². The van der Waals surface area contributed by atoms with Gasteiger partial charge in [0.1, 0.15) is 0 Å². The van der Waals surface area contributed by atoms with Crippen LogP contribution in [0.5, 0.6) is 0 Å². The van der Waals surface area contributed by atoms with E-state index in [0.29, 0.717) is 5.92 Å². The summed E-state index contributed by atoms with van der Waals surface area (Å²) in [6.07, 6.45) is 6.14. The lowest BCUT2D eigenvalue weighted by Gasteiger charge is -2.28. The van der Waals surface area contributed by atoms with Crippen LogP contribution in [0.4, 0.5) is 0 Å².